The van der Waals surface area contributed by atoms with Crippen LogP contribution in [-0.2, 0) is 7.05 Å². The van der Waals surface area contributed by atoms with Crippen molar-refractivity contribution in [3.63, 3.8) is 0 Å². The van der Waals surface area contributed by atoms with Gasteiger partial charge in [-0.2, -0.15) is 5.10 Å². The number of nitrogens with zero attached hydrogens (tertiary/aromatic N) is 6. The highest BCUT2D eigenvalue weighted by molar-refractivity contribution is 7.19. The average Bonchev–Trinajstić information content (AvgIpc) is 3.42. The van der Waals surface area contributed by atoms with Crippen molar-refractivity contribution in [2.24, 2.45) is 7.05 Å². The average molecular weight is 373 g/mol. The molecule has 0 atom stereocenters. The van der Waals surface area contributed by atoms with E-state index in [1.807, 2.05) is 60.5 Å². The Morgan fingerprint density at radius 3 is 2.78 bits per heavy atom. The molecule has 0 amide bonds. The zero-order chi connectivity index (χ0) is 18.2. The first kappa shape index (κ1) is 15.7. The van der Waals surface area contributed by atoms with Crippen LogP contribution in [-0.4, -0.2) is 29.1 Å². The van der Waals surface area contributed by atoms with Gasteiger partial charge in [-0.3, -0.25) is 14.1 Å². The predicted molar refractivity (Wildman–Crippen MR) is 106 cm³/mol. The second kappa shape index (κ2) is 6.33. The third-order valence-corrected chi connectivity index (χ3v) is 5.22. The van der Waals surface area contributed by atoms with Gasteiger partial charge in [0.25, 0.3) is 0 Å². The van der Waals surface area contributed by atoms with Crippen LogP contribution in [0.5, 0.6) is 0 Å². The first-order valence-corrected chi connectivity index (χ1v) is 9.19. The summed E-state index contributed by atoms with van der Waals surface area (Å²) < 4.78 is 3.79. The van der Waals surface area contributed by atoms with E-state index in [0.29, 0.717) is 5.82 Å². The van der Waals surface area contributed by atoms with Crippen molar-refractivity contribution in [2.45, 2.75) is 0 Å². The summed E-state index contributed by atoms with van der Waals surface area (Å²) in [4.78, 5) is 14.5. The fourth-order valence-electron chi connectivity index (χ4n) is 2.94. The Morgan fingerprint density at radius 1 is 1.00 bits per heavy atom. The van der Waals surface area contributed by atoms with Crippen LogP contribution < -0.4 is 5.32 Å². The molecular weight excluding hydrogens is 358 g/mol. The van der Waals surface area contributed by atoms with E-state index in [2.05, 4.69) is 31.4 Å². The van der Waals surface area contributed by atoms with Crippen molar-refractivity contribution < 1.29 is 0 Å². The maximum absolute atomic E-state index is 4.56. The summed E-state index contributed by atoms with van der Waals surface area (Å²) in [5.41, 5.74) is 3.71. The van der Waals surface area contributed by atoms with Gasteiger partial charge in [0.2, 0.25) is 0 Å². The quantitative estimate of drug-likeness (QED) is 0.515. The Hall–Kier alpha value is -3.52. The number of aromatic nitrogens is 6. The topological polar surface area (TPSA) is 72.9 Å². The van der Waals surface area contributed by atoms with Crippen LogP contribution in [0, 0.1) is 0 Å². The number of fused-ring (bicyclic) bond motifs is 1. The summed E-state index contributed by atoms with van der Waals surface area (Å²) in [6.07, 6.45) is 11.1. The predicted octanol–water partition coefficient (Wildman–Crippen LogP) is 4.00. The van der Waals surface area contributed by atoms with E-state index >= 15 is 0 Å². The van der Waals surface area contributed by atoms with Gasteiger partial charge in [0.15, 0.2) is 11.5 Å². The zero-order valence-electron chi connectivity index (χ0n) is 14.4. The van der Waals surface area contributed by atoms with Crippen LogP contribution >= 0.6 is 11.3 Å². The van der Waals surface area contributed by atoms with Gasteiger partial charge in [-0.25, -0.2) is 9.97 Å². The number of nitrogens with one attached hydrogen (secondary N) is 1. The van der Waals surface area contributed by atoms with Crippen molar-refractivity contribution in [3.05, 3.63) is 67.5 Å². The maximum atomic E-state index is 4.56. The number of rotatable bonds is 4. The van der Waals surface area contributed by atoms with Crippen LogP contribution in [0.3, 0.4) is 0 Å². The number of anilines is 2. The molecule has 5 aromatic rings. The molecule has 0 unspecified atom stereocenters. The summed E-state index contributed by atoms with van der Waals surface area (Å²) in [6.45, 7) is 0. The molecule has 27 heavy (non-hydrogen) atoms. The van der Waals surface area contributed by atoms with Crippen LogP contribution in [0.1, 0.15) is 0 Å². The molecule has 0 aliphatic carbocycles. The Labute approximate surface area is 159 Å². The van der Waals surface area contributed by atoms with Crippen LogP contribution in [0.2, 0.25) is 0 Å². The smallest absolute Gasteiger partial charge is 0.180 e. The van der Waals surface area contributed by atoms with Gasteiger partial charge in [-0.05, 0) is 24.3 Å². The van der Waals surface area contributed by atoms with Gasteiger partial charge in [-0.15, -0.1) is 11.3 Å². The largest absolute Gasteiger partial charge is 0.329 e. The number of aryl methyl sites for hydroxylation is 1. The Bertz CT molecular complexity index is 1220. The zero-order valence-corrected chi connectivity index (χ0v) is 15.3. The first-order valence-electron chi connectivity index (χ1n) is 8.37. The molecule has 0 fully saturated rings. The number of hydrogen-bond acceptors (Lipinski definition) is 6. The molecule has 0 aliphatic rings. The molecule has 5 rings (SSSR count). The lowest BCUT2D eigenvalue weighted by Crippen LogP contribution is -1.97. The summed E-state index contributed by atoms with van der Waals surface area (Å²) in [7, 11) is 1.90. The summed E-state index contributed by atoms with van der Waals surface area (Å²) in [6, 6.07) is 10.00. The van der Waals surface area contributed by atoms with E-state index in [4.69, 9.17) is 0 Å². The fourth-order valence-corrected chi connectivity index (χ4v) is 3.82. The molecule has 0 spiro atoms. The van der Waals surface area contributed by atoms with E-state index in [0.717, 1.165) is 32.5 Å². The van der Waals surface area contributed by atoms with Gasteiger partial charge in [0.1, 0.15) is 0 Å². The minimum Gasteiger partial charge on any atom is -0.329 e. The van der Waals surface area contributed by atoms with E-state index in [1.54, 1.807) is 28.4 Å². The second-order valence-corrected chi connectivity index (χ2v) is 7.10. The van der Waals surface area contributed by atoms with Gasteiger partial charge >= 0.3 is 0 Å². The van der Waals surface area contributed by atoms with Gasteiger partial charge in [0.05, 0.1) is 33.7 Å². The molecule has 5 aromatic heterocycles. The van der Waals surface area contributed by atoms with E-state index in [-0.39, 0.29) is 0 Å². The van der Waals surface area contributed by atoms with Crippen molar-refractivity contribution in [2.75, 3.05) is 5.32 Å². The number of hydrogen-bond donors (Lipinski definition) is 1. The van der Waals surface area contributed by atoms with Crippen LogP contribution in [0.25, 0.3) is 27.5 Å². The molecule has 0 aliphatic heterocycles. The number of pyridine rings is 1. The van der Waals surface area contributed by atoms with Crippen LogP contribution in [0.15, 0.2) is 67.5 Å². The van der Waals surface area contributed by atoms with Crippen LogP contribution in [0.4, 0.5) is 10.8 Å². The first-order chi connectivity index (χ1) is 13.3. The van der Waals surface area contributed by atoms with Crippen molar-refractivity contribution in [3.8, 4) is 21.8 Å². The Morgan fingerprint density at radius 2 is 1.96 bits per heavy atom. The summed E-state index contributed by atoms with van der Waals surface area (Å²) >= 11 is 1.63. The molecule has 8 heteroatoms. The second-order valence-electron chi connectivity index (χ2n) is 6.02. The normalized spacial score (nSPS) is 11.1. The standard InChI is InChI=1S/C19H15N7S/c1-25-12-13(10-23-25)15-11-22-19-18(21-8-9-26(15)19)24-17-6-5-16(27-17)14-4-2-3-7-20-14/h2-12H,1H3,(H,21,24). The molecule has 0 bridgehead atoms. The van der Waals surface area contributed by atoms with Crippen molar-refractivity contribution >= 4 is 27.8 Å². The maximum Gasteiger partial charge on any atom is 0.180 e. The van der Waals surface area contributed by atoms with Gasteiger partial charge in [0, 0.05) is 37.4 Å². The third-order valence-electron chi connectivity index (χ3n) is 4.19. The number of thiophene rings is 1. The molecule has 0 radical (unpaired) electrons. The summed E-state index contributed by atoms with van der Waals surface area (Å²) in [5.74, 6) is 0.710. The lowest BCUT2D eigenvalue weighted by molar-refractivity contribution is 0.768. The molecular formula is C19H15N7S. The molecule has 132 valence electrons. The van der Waals surface area contributed by atoms with Crippen molar-refractivity contribution in [1.29, 1.82) is 0 Å². The minimum absolute atomic E-state index is 0.710. The van der Waals surface area contributed by atoms with E-state index in [9.17, 15) is 0 Å². The van der Waals surface area contributed by atoms with E-state index in [1.165, 1.54) is 0 Å². The lowest BCUT2D eigenvalue weighted by Gasteiger charge is -2.05. The Kier molecular flexibility index (Phi) is 3.68. The molecule has 7 nitrogen and oxygen atoms in total. The summed E-state index contributed by atoms with van der Waals surface area (Å²) in [5, 5.41) is 8.61. The monoisotopic (exact) mass is 373 g/mol. The number of imidazole rings is 1. The van der Waals surface area contributed by atoms with Gasteiger partial charge in [-0.1, -0.05) is 6.07 Å². The third kappa shape index (κ3) is 2.85. The Balaban J connectivity index is 1.49. The molecule has 0 saturated carbocycles. The molecule has 0 saturated heterocycles. The highest BCUT2D eigenvalue weighted by atomic mass is 32.1. The highest BCUT2D eigenvalue weighted by Gasteiger charge is 2.12. The molecule has 0 aromatic carbocycles. The SMILES string of the molecule is Cn1cc(-c2cnc3c(Nc4ccc(-c5ccccn5)s4)nccn23)cn1. The van der Waals surface area contributed by atoms with Gasteiger partial charge < -0.3 is 5.32 Å². The molecule has 5 heterocycles. The fraction of sp³-hybridized carbons (Fsp3) is 0.0526. The van der Waals surface area contributed by atoms with Crippen molar-refractivity contribution in [1.82, 2.24) is 29.1 Å². The van der Waals surface area contributed by atoms with E-state index < -0.39 is 0 Å². The highest BCUT2D eigenvalue weighted by Crippen LogP contribution is 2.32. The minimum atomic E-state index is 0.710. The molecule has 1 N–H and O–H groups in total. The lowest BCUT2D eigenvalue weighted by atomic mass is 10.3.